The van der Waals surface area contributed by atoms with Crippen molar-refractivity contribution in [2.75, 3.05) is 25.6 Å². The Morgan fingerprint density at radius 1 is 1.39 bits per heavy atom. The topological polar surface area (TPSA) is 89.9 Å². The zero-order valence-corrected chi connectivity index (χ0v) is 17.6. The van der Waals surface area contributed by atoms with Gasteiger partial charge in [-0.1, -0.05) is 40.2 Å². The third-order valence-corrected chi connectivity index (χ3v) is 7.69. The van der Waals surface area contributed by atoms with Crippen LogP contribution in [0.25, 0.3) is 0 Å². The molecule has 0 bridgehead atoms. The Kier molecular flexibility index (Phi) is 6.71. The molecule has 1 aliphatic carbocycles. The number of aromatic nitrogens is 1. The van der Waals surface area contributed by atoms with E-state index in [4.69, 9.17) is 21.2 Å². The van der Waals surface area contributed by atoms with E-state index in [1.54, 1.807) is 31.4 Å². The van der Waals surface area contributed by atoms with E-state index in [-0.39, 0.29) is 17.6 Å². The predicted molar refractivity (Wildman–Crippen MR) is 113 cm³/mol. The van der Waals surface area contributed by atoms with Crippen LogP contribution in [0.5, 0.6) is 0 Å². The number of amides is 1. The summed E-state index contributed by atoms with van der Waals surface area (Å²) >= 11 is 6.99. The molecular formula is C18H20ClN3O4S2. The quantitative estimate of drug-likeness (QED) is 0.279. The van der Waals surface area contributed by atoms with Gasteiger partial charge in [0.15, 0.2) is 10.8 Å². The summed E-state index contributed by atoms with van der Waals surface area (Å²) in [6.07, 6.45) is 3.32. The van der Waals surface area contributed by atoms with Crippen molar-refractivity contribution < 1.29 is 18.6 Å². The summed E-state index contributed by atoms with van der Waals surface area (Å²) in [5.41, 5.74) is 0.586. The average molecular weight is 442 g/mol. The first kappa shape index (κ1) is 20.8. The van der Waals surface area contributed by atoms with Crippen LogP contribution in [0.1, 0.15) is 18.4 Å². The molecule has 1 N–H and O–H groups in total. The molecular weight excluding hydrogens is 422 g/mol. The normalized spacial score (nSPS) is 16.4. The molecule has 150 valence electrons. The number of halogens is 1. The summed E-state index contributed by atoms with van der Waals surface area (Å²) in [5.74, 6) is 3.41. The number of nitrogens with zero attached hydrogens (tertiary/aromatic N) is 2. The summed E-state index contributed by atoms with van der Waals surface area (Å²) in [5, 5.41) is 7.10. The Labute approximate surface area is 172 Å². The lowest BCUT2D eigenvalue weighted by Crippen LogP contribution is -2.24. The summed E-state index contributed by atoms with van der Waals surface area (Å²) in [6, 6.07) is 6.83. The van der Waals surface area contributed by atoms with E-state index in [0.717, 1.165) is 24.2 Å². The molecule has 1 heterocycles. The second-order valence-corrected chi connectivity index (χ2v) is 10.4. The van der Waals surface area contributed by atoms with Crippen LogP contribution in [0, 0.1) is 0 Å². The average Bonchev–Trinajstić information content (AvgIpc) is 3.46. The number of hydrogen-bond donors (Lipinski definition) is 1. The SMILES string of the molecule is C=S(=O)(c1ccc(/C(=N\OCCOC)C(=O)Nc2ncc(Cl)s2)cc1)C1CC1. The van der Waals surface area contributed by atoms with Crippen LogP contribution in [0.3, 0.4) is 0 Å². The highest BCUT2D eigenvalue weighted by atomic mass is 35.5. The lowest BCUT2D eigenvalue weighted by molar-refractivity contribution is -0.110. The predicted octanol–water partition coefficient (Wildman–Crippen LogP) is 3.04. The van der Waals surface area contributed by atoms with Crippen molar-refractivity contribution in [2.24, 2.45) is 5.16 Å². The minimum absolute atomic E-state index is 0.0657. The van der Waals surface area contributed by atoms with Gasteiger partial charge in [0.2, 0.25) is 0 Å². The third kappa shape index (κ3) is 5.11. The second-order valence-electron chi connectivity index (χ2n) is 6.14. The fourth-order valence-electron chi connectivity index (χ4n) is 2.41. The molecule has 0 radical (unpaired) electrons. The number of oxime groups is 1. The number of carbonyl (C=O) groups excluding carboxylic acids is 1. The lowest BCUT2D eigenvalue weighted by atomic mass is 10.1. The number of thiazole rings is 1. The molecule has 1 aromatic heterocycles. The molecule has 1 fully saturated rings. The molecule has 1 unspecified atom stereocenters. The summed E-state index contributed by atoms with van der Waals surface area (Å²) in [4.78, 5) is 22.6. The fourth-order valence-corrected chi connectivity index (χ4v) is 5.10. The largest absolute Gasteiger partial charge is 0.393 e. The molecule has 2 aromatic rings. The van der Waals surface area contributed by atoms with Crippen molar-refractivity contribution in [1.29, 1.82) is 0 Å². The molecule has 1 saturated carbocycles. The van der Waals surface area contributed by atoms with Crippen molar-refractivity contribution in [3.05, 3.63) is 40.4 Å². The summed E-state index contributed by atoms with van der Waals surface area (Å²) in [7, 11) is -0.766. The van der Waals surface area contributed by atoms with Gasteiger partial charge in [0.1, 0.15) is 10.9 Å². The molecule has 1 atom stereocenters. The van der Waals surface area contributed by atoms with E-state index < -0.39 is 15.4 Å². The summed E-state index contributed by atoms with van der Waals surface area (Å²) in [6.45, 7) is 0.535. The Morgan fingerprint density at radius 3 is 2.68 bits per heavy atom. The molecule has 3 rings (SSSR count). The van der Waals surface area contributed by atoms with Gasteiger partial charge in [0, 0.05) is 22.8 Å². The van der Waals surface area contributed by atoms with Crippen molar-refractivity contribution >= 4 is 55.1 Å². The molecule has 0 saturated heterocycles. The van der Waals surface area contributed by atoms with E-state index in [1.165, 1.54) is 6.20 Å². The number of hydrogen-bond acceptors (Lipinski definition) is 7. The van der Waals surface area contributed by atoms with Crippen molar-refractivity contribution in [3.63, 3.8) is 0 Å². The van der Waals surface area contributed by atoms with E-state index in [0.29, 0.717) is 26.5 Å². The maximum atomic E-state index is 12.8. The second kappa shape index (κ2) is 9.04. The minimum Gasteiger partial charge on any atom is -0.393 e. The van der Waals surface area contributed by atoms with Crippen LogP contribution in [-0.2, 0) is 23.9 Å². The number of anilines is 1. The molecule has 10 heteroatoms. The molecule has 28 heavy (non-hydrogen) atoms. The zero-order chi connectivity index (χ0) is 20.1. The monoisotopic (exact) mass is 441 g/mol. The first-order valence-corrected chi connectivity index (χ1v) is 11.5. The minimum atomic E-state index is -2.31. The number of carbonyl (C=O) groups is 1. The van der Waals surface area contributed by atoms with Gasteiger partial charge in [-0.25, -0.2) is 4.98 Å². The van der Waals surface area contributed by atoms with E-state index in [9.17, 15) is 9.00 Å². The molecule has 1 aromatic carbocycles. The van der Waals surface area contributed by atoms with E-state index in [1.807, 2.05) is 0 Å². The molecule has 7 nitrogen and oxygen atoms in total. The fraction of sp³-hybridized carbons (Fsp3) is 0.333. The maximum Gasteiger partial charge on any atom is 0.280 e. The highest BCUT2D eigenvalue weighted by Gasteiger charge is 2.32. The van der Waals surface area contributed by atoms with Gasteiger partial charge in [-0.2, -0.15) is 0 Å². The van der Waals surface area contributed by atoms with Crippen LogP contribution in [-0.4, -0.2) is 52.3 Å². The smallest absolute Gasteiger partial charge is 0.280 e. The van der Waals surface area contributed by atoms with Gasteiger partial charge in [-0.05, 0) is 40.4 Å². The highest BCUT2D eigenvalue weighted by molar-refractivity contribution is 8.01. The van der Waals surface area contributed by atoms with E-state index >= 15 is 0 Å². The third-order valence-electron chi connectivity index (χ3n) is 4.04. The number of rotatable bonds is 9. The Morgan fingerprint density at radius 2 is 2.11 bits per heavy atom. The Balaban J connectivity index is 1.82. The van der Waals surface area contributed by atoms with E-state index in [2.05, 4.69) is 21.3 Å². The van der Waals surface area contributed by atoms with Crippen LogP contribution >= 0.6 is 22.9 Å². The molecule has 0 spiro atoms. The first-order valence-electron chi connectivity index (χ1n) is 8.50. The van der Waals surface area contributed by atoms with Gasteiger partial charge in [-0.15, -0.1) is 0 Å². The van der Waals surface area contributed by atoms with Crippen LogP contribution in [0.4, 0.5) is 5.13 Å². The van der Waals surface area contributed by atoms with Gasteiger partial charge >= 0.3 is 0 Å². The van der Waals surface area contributed by atoms with Gasteiger partial charge in [0.25, 0.3) is 5.91 Å². The van der Waals surface area contributed by atoms with Gasteiger partial charge in [-0.3, -0.25) is 14.3 Å². The number of nitrogens with one attached hydrogen (secondary N) is 1. The van der Waals surface area contributed by atoms with Crippen LogP contribution in [0.15, 0.2) is 40.5 Å². The lowest BCUT2D eigenvalue weighted by Gasteiger charge is -2.10. The Bertz CT molecular complexity index is 967. The zero-order valence-electron chi connectivity index (χ0n) is 15.2. The highest BCUT2D eigenvalue weighted by Crippen LogP contribution is 2.33. The van der Waals surface area contributed by atoms with Crippen molar-refractivity contribution in [1.82, 2.24) is 4.98 Å². The van der Waals surface area contributed by atoms with Crippen molar-refractivity contribution in [2.45, 2.75) is 23.0 Å². The maximum absolute atomic E-state index is 12.8. The number of methoxy groups -OCH3 is 1. The van der Waals surface area contributed by atoms with Gasteiger partial charge < -0.3 is 9.57 Å². The number of ether oxygens (including phenoxy) is 1. The molecule has 0 aliphatic heterocycles. The standard InChI is InChI=1S/C18H20ClN3O4S2/c1-25-9-10-26-22-16(17(23)21-18-20-11-15(19)27-18)12-3-5-13(6-4-12)28(2,24)14-7-8-14/h3-6,11,14H,2,7-10H2,1H3,(H,20,21,23)/b22-16+. The number of benzene rings is 1. The Hall–Kier alpha value is -1.94. The molecule has 1 amide bonds. The van der Waals surface area contributed by atoms with Crippen LogP contribution < -0.4 is 5.32 Å². The summed E-state index contributed by atoms with van der Waals surface area (Å²) < 4.78 is 18.1. The first-order chi connectivity index (χ1) is 13.4. The van der Waals surface area contributed by atoms with Crippen molar-refractivity contribution in [3.8, 4) is 0 Å². The van der Waals surface area contributed by atoms with Gasteiger partial charge in [0.05, 0.1) is 12.8 Å². The van der Waals surface area contributed by atoms with Crippen LogP contribution in [0.2, 0.25) is 4.34 Å². The molecule has 1 aliphatic rings.